The molecule has 1 aromatic rings. The zero-order chi connectivity index (χ0) is 16.5. The quantitative estimate of drug-likeness (QED) is 0.292. The van der Waals surface area contributed by atoms with E-state index in [-0.39, 0.29) is 30.1 Å². The van der Waals surface area contributed by atoms with Crippen LogP contribution in [0.5, 0.6) is 0 Å². The molecule has 1 heterocycles. The second-order valence-corrected chi connectivity index (χ2v) is 7.36. The van der Waals surface area contributed by atoms with Gasteiger partial charge in [0.25, 0.3) is 0 Å². The van der Waals surface area contributed by atoms with Crippen molar-refractivity contribution in [1.82, 2.24) is 0 Å². The Morgan fingerprint density at radius 3 is 2.54 bits per heavy atom. The molecule has 2 unspecified atom stereocenters. The van der Waals surface area contributed by atoms with Gasteiger partial charge in [0.1, 0.15) is 6.54 Å². The van der Waals surface area contributed by atoms with Gasteiger partial charge >= 0.3 is 5.97 Å². The lowest BCUT2D eigenvalue weighted by molar-refractivity contribution is -0.879. The number of rotatable bonds is 4. The molecule has 2 aliphatic rings. The third-order valence-electron chi connectivity index (χ3n) is 5.02. The van der Waals surface area contributed by atoms with Gasteiger partial charge in [0.15, 0.2) is 6.10 Å². The summed E-state index contributed by atoms with van der Waals surface area (Å²) < 4.78 is 6.59. The van der Waals surface area contributed by atoms with E-state index in [1.165, 1.54) is 0 Å². The monoisotopic (exact) mass is 443 g/mol. The molecule has 0 amide bonds. The highest BCUT2D eigenvalue weighted by molar-refractivity contribution is 5.85. The van der Waals surface area contributed by atoms with Crippen molar-refractivity contribution in [1.29, 1.82) is 0 Å². The maximum absolute atomic E-state index is 12.9. The van der Waals surface area contributed by atoms with Gasteiger partial charge in [-0.25, -0.2) is 4.79 Å². The van der Waals surface area contributed by atoms with Crippen LogP contribution in [0.3, 0.4) is 0 Å². The summed E-state index contributed by atoms with van der Waals surface area (Å²) >= 11 is 0. The van der Waals surface area contributed by atoms with Crippen LogP contribution in [0, 0.1) is 0 Å². The SMILES string of the molecule is C[N+]1(C)CCC(OC(=O)C(O)(C2=CCCC2)c2ccccc2)C1.[I-]. The van der Waals surface area contributed by atoms with Gasteiger partial charge in [0, 0.05) is 6.42 Å². The standard InChI is InChI=1S/C19H26NO3.HI/c1-20(2)13-12-17(14-20)23-18(21)19(22,16-10-6-7-11-16)15-8-4-3-5-9-15;/h3-5,8-10,17,22H,6-7,11-14H2,1-2H3;1H/q+1;/p-1. The fourth-order valence-electron chi connectivity index (χ4n) is 3.67. The average Bonchev–Trinajstić information content (AvgIpc) is 3.17. The minimum absolute atomic E-state index is 0. The normalized spacial score (nSPS) is 24.6. The molecule has 5 heteroatoms. The molecule has 0 saturated carbocycles. The molecular formula is C19H26INO3. The number of halogens is 1. The minimum Gasteiger partial charge on any atom is -1.00 e. The number of carbonyl (C=O) groups excluding carboxylic acids is 1. The predicted molar refractivity (Wildman–Crippen MR) is 88.6 cm³/mol. The van der Waals surface area contributed by atoms with Crippen molar-refractivity contribution < 1.29 is 43.1 Å². The molecule has 1 fully saturated rings. The number of quaternary nitrogens is 1. The summed E-state index contributed by atoms with van der Waals surface area (Å²) in [5.74, 6) is -0.524. The second kappa shape index (κ2) is 7.54. The number of ether oxygens (including phenoxy) is 1. The molecule has 1 N–H and O–H groups in total. The molecule has 1 saturated heterocycles. The average molecular weight is 443 g/mol. The number of likely N-dealkylation sites (N-methyl/N-ethyl adjacent to an activating group) is 1. The molecule has 3 rings (SSSR count). The van der Waals surface area contributed by atoms with Gasteiger partial charge in [0.05, 0.1) is 20.6 Å². The Morgan fingerprint density at radius 1 is 1.29 bits per heavy atom. The summed E-state index contributed by atoms with van der Waals surface area (Å²) in [6.07, 6.45) is 5.35. The van der Waals surface area contributed by atoms with E-state index in [9.17, 15) is 9.90 Å². The number of benzene rings is 1. The van der Waals surface area contributed by atoms with Crippen molar-refractivity contribution in [2.24, 2.45) is 0 Å². The van der Waals surface area contributed by atoms with Crippen LogP contribution in [0.25, 0.3) is 0 Å². The smallest absolute Gasteiger partial charge is 0.347 e. The number of nitrogens with zero attached hydrogens (tertiary/aromatic N) is 1. The molecule has 0 bridgehead atoms. The highest BCUT2D eigenvalue weighted by atomic mass is 127. The van der Waals surface area contributed by atoms with Crippen LogP contribution >= 0.6 is 0 Å². The van der Waals surface area contributed by atoms with Crippen molar-refractivity contribution in [2.45, 2.75) is 37.4 Å². The zero-order valence-corrected chi connectivity index (χ0v) is 16.5. The predicted octanol–water partition coefficient (Wildman–Crippen LogP) is -0.620. The largest absolute Gasteiger partial charge is 1.00 e. The summed E-state index contributed by atoms with van der Waals surface area (Å²) in [7, 11) is 4.27. The van der Waals surface area contributed by atoms with Crippen molar-refractivity contribution in [3.63, 3.8) is 0 Å². The van der Waals surface area contributed by atoms with Crippen molar-refractivity contribution in [2.75, 3.05) is 27.2 Å². The maximum Gasteiger partial charge on any atom is 0.347 e. The van der Waals surface area contributed by atoms with E-state index >= 15 is 0 Å². The van der Waals surface area contributed by atoms with Crippen molar-refractivity contribution in [3.8, 4) is 0 Å². The fourth-order valence-corrected chi connectivity index (χ4v) is 3.67. The van der Waals surface area contributed by atoms with E-state index < -0.39 is 11.6 Å². The lowest BCUT2D eigenvalue weighted by Gasteiger charge is -2.29. The lowest BCUT2D eigenvalue weighted by atomic mass is 9.85. The van der Waals surface area contributed by atoms with E-state index in [0.29, 0.717) is 5.56 Å². The number of hydrogen-bond donors (Lipinski definition) is 1. The van der Waals surface area contributed by atoms with Crippen LogP contribution in [0.2, 0.25) is 0 Å². The van der Waals surface area contributed by atoms with Crippen LogP contribution in [0.4, 0.5) is 0 Å². The molecule has 24 heavy (non-hydrogen) atoms. The fraction of sp³-hybridized carbons (Fsp3) is 0.526. The number of esters is 1. The van der Waals surface area contributed by atoms with Crippen LogP contribution in [-0.2, 0) is 15.1 Å². The van der Waals surface area contributed by atoms with Crippen LogP contribution in [-0.4, -0.2) is 48.8 Å². The van der Waals surface area contributed by atoms with E-state index in [2.05, 4.69) is 14.1 Å². The Hall–Kier alpha value is -0.920. The summed E-state index contributed by atoms with van der Waals surface area (Å²) in [5, 5.41) is 11.3. The van der Waals surface area contributed by atoms with E-state index in [4.69, 9.17) is 4.74 Å². The first-order valence-corrected chi connectivity index (χ1v) is 8.42. The molecule has 1 aliphatic carbocycles. The number of likely N-dealkylation sites (tertiary alicyclic amines) is 1. The second-order valence-electron chi connectivity index (χ2n) is 7.36. The van der Waals surface area contributed by atoms with Crippen LogP contribution < -0.4 is 24.0 Å². The molecule has 132 valence electrons. The minimum atomic E-state index is -1.64. The number of carbonyl (C=O) groups is 1. The van der Waals surface area contributed by atoms with Gasteiger partial charge in [-0.15, -0.1) is 0 Å². The van der Waals surface area contributed by atoms with E-state index in [0.717, 1.165) is 48.8 Å². The maximum atomic E-state index is 12.9. The highest BCUT2D eigenvalue weighted by Crippen LogP contribution is 2.38. The Kier molecular flexibility index (Phi) is 6.09. The molecule has 0 aromatic heterocycles. The Bertz CT molecular complexity index is 614. The van der Waals surface area contributed by atoms with Gasteiger partial charge in [-0.2, -0.15) is 0 Å². The van der Waals surface area contributed by atoms with Crippen LogP contribution in [0.1, 0.15) is 31.2 Å². The van der Waals surface area contributed by atoms with Gasteiger partial charge in [-0.3, -0.25) is 0 Å². The van der Waals surface area contributed by atoms with E-state index in [1.54, 1.807) is 12.1 Å². The number of hydrogen-bond acceptors (Lipinski definition) is 3. The molecule has 1 aliphatic heterocycles. The topological polar surface area (TPSA) is 46.5 Å². The summed E-state index contributed by atoms with van der Waals surface area (Å²) in [6, 6.07) is 9.18. The molecule has 2 atom stereocenters. The highest BCUT2D eigenvalue weighted by Gasteiger charge is 2.46. The molecular weight excluding hydrogens is 417 g/mol. The van der Waals surface area contributed by atoms with Gasteiger partial charge in [-0.05, 0) is 30.4 Å². The molecule has 0 radical (unpaired) electrons. The first-order chi connectivity index (χ1) is 10.9. The van der Waals surface area contributed by atoms with Gasteiger partial charge < -0.3 is 38.3 Å². The summed E-state index contributed by atoms with van der Waals surface area (Å²) in [4.78, 5) is 12.9. The summed E-state index contributed by atoms with van der Waals surface area (Å²) in [6.45, 7) is 1.79. The molecule has 4 nitrogen and oxygen atoms in total. The van der Waals surface area contributed by atoms with E-state index in [1.807, 2.05) is 24.3 Å². The number of allylic oxidation sites excluding steroid dienone is 1. The van der Waals surface area contributed by atoms with Crippen molar-refractivity contribution >= 4 is 5.97 Å². The van der Waals surface area contributed by atoms with Gasteiger partial charge in [-0.1, -0.05) is 36.4 Å². The molecule has 0 spiro atoms. The van der Waals surface area contributed by atoms with Gasteiger partial charge in [0.2, 0.25) is 5.60 Å². The Morgan fingerprint density at radius 2 is 2.00 bits per heavy atom. The molecule has 1 aromatic carbocycles. The first-order valence-electron chi connectivity index (χ1n) is 8.42. The zero-order valence-electron chi connectivity index (χ0n) is 14.4. The Balaban J connectivity index is 0.00000208. The lowest BCUT2D eigenvalue weighted by Crippen LogP contribution is -3.00. The Labute approximate surface area is 161 Å². The summed E-state index contributed by atoms with van der Waals surface area (Å²) in [5.41, 5.74) is -0.261. The third-order valence-corrected chi connectivity index (χ3v) is 5.02. The van der Waals surface area contributed by atoms with Crippen LogP contribution in [0.15, 0.2) is 42.0 Å². The third kappa shape index (κ3) is 3.83. The number of aliphatic hydroxyl groups is 1. The first kappa shape index (κ1) is 19.4. The van der Waals surface area contributed by atoms with Crippen molar-refractivity contribution in [3.05, 3.63) is 47.5 Å².